The van der Waals surface area contributed by atoms with Gasteiger partial charge in [0.05, 0.1) is 12.3 Å². The summed E-state index contributed by atoms with van der Waals surface area (Å²) in [6.45, 7) is 13.6. The van der Waals surface area contributed by atoms with Crippen molar-refractivity contribution < 1.29 is 17.9 Å². The van der Waals surface area contributed by atoms with Crippen LogP contribution >= 0.6 is 0 Å². The number of hydrogen-bond acceptors (Lipinski definition) is 5. The van der Waals surface area contributed by atoms with Gasteiger partial charge in [0.25, 0.3) is 0 Å². The van der Waals surface area contributed by atoms with E-state index in [1.807, 2.05) is 41.5 Å². The van der Waals surface area contributed by atoms with E-state index in [1.165, 1.54) is 6.26 Å². The summed E-state index contributed by atoms with van der Waals surface area (Å²) in [6, 6.07) is -0.0323. The van der Waals surface area contributed by atoms with E-state index in [9.17, 15) is 13.2 Å². The Labute approximate surface area is 165 Å². The molecule has 1 atom stereocenters. The van der Waals surface area contributed by atoms with Gasteiger partial charge in [-0.3, -0.25) is 4.99 Å². The van der Waals surface area contributed by atoms with Gasteiger partial charge in [-0.1, -0.05) is 6.92 Å². The minimum Gasteiger partial charge on any atom is -0.444 e. The second-order valence-corrected chi connectivity index (χ2v) is 9.95. The van der Waals surface area contributed by atoms with Crippen molar-refractivity contribution >= 4 is 21.9 Å². The van der Waals surface area contributed by atoms with Crippen molar-refractivity contribution in [3.05, 3.63) is 0 Å². The van der Waals surface area contributed by atoms with Gasteiger partial charge < -0.3 is 20.3 Å². The molecule has 0 aliphatic heterocycles. The average Bonchev–Trinajstić information content (AvgIpc) is 2.50. The molecule has 0 aliphatic carbocycles. The number of nitrogens with zero attached hydrogens (tertiary/aromatic N) is 2. The fourth-order valence-electron chi connectivity index (χ4n) is 2.19. The van der Waals surface area contributed by atoms with E-state index in [1.54, 1.807) is 4.90 Å². The van der Waals surface area contributed by atoms with Crippen LogP contribution < -0.4 is 10.6 Å². The number of hydrogen-bond donors (Lipinski definition) is 2. The van der Waals surface area contributed by atoms with E-state index in [4.69, 9.17) is 4.74 Å². The van der Waals surface area contributed by atoms with Crippen LogP contribution in [0.15, 0.2) is 4.99 Å². The SMILES string of the molecule is CCCN(CCN=C(NCC)NC(C)CCS(C)(=O)=O)C(=O)OC(C)(C)C. The Hall–Kier alpha value is -1.51. The maximum absolute atomic E-state index is 12.3. The van der Waals surface area contributed by atoms with E-state index < -0.39 is 15.4 Å². The molecule has 0 spiro atoms. The molecular formula is C18H38N4O4S. The summed E-state index contributed by atoms with van der Waals surface area (Å²) in [4.78, 5) is 18.4. The second kappa shape index (κ2) is 12.0. The number of nitrogens with one attached hydrogen (secondary N) is 2. The quantitative estimate of drug-likeness (QED) is 0.425. The Kier molecular flexibility index (Phi) is 11.4. The molecule has 0 rings (SSSR count). The van der Waals surface area contributed by atoms with Gasteiger partial charge in [-0.15, -0.1) is 0 Å². The molecule has 1 amide bonds. The molecule has 0 radical (unpaired) electrons. The highest BCUT2D eigenvalue weighted by atomic mass is 32.2. The molecule has 0 aromatic rings. The molecule has 1 unspecified atom stereocenters. The van der Waals surface area contributed by atoms with E-state index in [0.717, 1.165) is 6.42 Å². The van der Waals surface area contributed by atoms with Crippen LogP contribution in [-0.4, -0.2) is 75.2 Å². The van der Waals surface area contributed by atoms with Crippen LogP contribution in [0.25, 0.3) is 0 Å². The van der Waals surface area contributed by atoms with Crippen molar-refractivity contribution in [3.63, 3.8) is 0 Å². The number of aliphatic imine (C=N–C) groups is 1. The smallest absolute Gasteiger partial charge is 0.410 e. The van der Waals surface area contributed by atoms with Gasteiger partial charge in [0.1, 0.15) is 15.4 Å². The Bertz CT molecular complexity index is 570. The van der Waals surface area contributed by atoms with Crippen LogP contribution in [0.1, 0.15) is 54.4 Å². The molecule has 0 aromatic heterocycles. The van der Waals surface area contributed by atoms with Gasteiger partial charge in [0, 0.05) is 31.9 Å². The normalized spacial score (nSPS) is 13.8. The van der Waals surface area contributed by atoms with Gasteiger partial charge in [-0.2, -0.15) is 0 Å². The molecule has 9 heteroatoms. The Balaban J connectivity index is 4.75. The van der Waals surface area contributed by atoms with Gasteiger partial charge in [0.15, 0.2) is 5.96 Å². The van der Waals surface area contributed by atoms with Crippen molar-refractivity contribution in [3.8, 4) is 0 Å². The molecule has 0 bridgehead atoms. The lowest BCUT2D eigenvalue weighted by Crippen LogP contribution is -2.43. The molecule has 0 saturated heterocycles. The molecule has 160 valence electrons. The highest BCUT2D eigenvalue weighted by molar-refractivity contribution is 7.90. The summed E-state index contributed by atoms with van der Waals surface area (Å²) in [5.41, 5.74) is -0.530. The summed E-state index contributed by atoms with van der Waals surface area (Å²) in [5, 5.41) is 6.34. The Morgan fingerprint density at radius 1 is 1.22 bits per heavy atom. The third-order valence-electron chi connectivity index (χ3n) is 3.43. The second-order valence-electron chi connectivity index (χ2n) is 7.69. The van der Waals surface area contributed by atoms with Crippen molar-refractivity contribution in [1.82, 2.24) is 15.5 Å². The maximum Gasteiger partial charge on any atom is 0.410 e. The number of carbonyl (C=O) groups excluding carboxylic acids is 1. The number of sulfone groups is 1. The van der Waals surface area contributed by atoms with Crippen LogP contribution in [0.3, 0.4) is 0 Å². The predicted molar refractivity (Wildman–Crippen MR) is 111 cm³/mol. The molecule has 0 aliphatic rings. The first-order valence-corrected chi connectivity index (χ1v) is 11.6. The van der Waals surface area contributed by atoms with Crippen molar-refractivity contribution in [2.24, 2.45) is 4.99 Å². The van der Waals surface area contributed by atoms with E-state index >= 15 is 0 Å². The van der Waals surface area contributed by atoms with Crippen LogP contribution in [-0.2, 0) is 14.6 Å². The summed E-state index contributed by atoms with van der Waals surface area (Å²) >= 11 is 0. The largest absolute Gasteiger partial charge is 0.444 e. The summed E-state index contributed by atoms with van der Waals surface area (Å²) in [5.74, 6) is 0.739. The fourth-order valence-corrected chi connectivity index (χ4v) is 2.97. The monoisotopic (exact) mass is 406 g/mol. The molecule has 27 heavy (non-hydrogen) atoms. The zero-order valence-electron chi connectivity index (χ0n) is 18.0. The van der Waals surface area contributed by atoms with Gasteiger partial charge >= 0.3 is 6.09 Å². The lowest BCUT2D eigenvalue weighted by atomic mass is 10.2. The third kappa shape index (κ3) is 14.2. The molecule has 8 nitrogen and oxygen atoms in total. The van der Waals surface area contributed by atoms with Gasteiger partial charge in [-0.25, -0.2) is 13.2 Å². The standard InChI is InChI=1S/C18H38N4O4S/c1-8-12-22(17(23)26-18(4,5)6)13-11-20-16(19-9-2)21-15(3)10-14-27(7,24)25/h15H,8-14H2,1-7H3,(H2,19,20,21). The van der Waals surface area contributed by atoms with Crippen LogP contribution in [0.5, 0.6) is 0 Å². The number of rotatable bonds is 10. The van der Waals surface area contributed by atoms with Crippen LogP contribution in [0.2, 0.25) is 0 Å². The number of guanidine groups is 1. The number of carbonyl (C=O) groups is 1. The average molecular weight is 407 g/mol. The summed E-state index contributed by atoms with van der Waals surface area (Å²) in [6.07, 6.45) is 2.24. The Morgan fingerprint density at radius 3 is 2.33 bits per heavy atom. The molecule has 0 fully saturated rings. The van der Waals surface area contributed by atoms with E-state index in [2.05, 4.69) is 15.6 Å². The predicted octanol–water partition coefficient (Wildman–Crippen LogP) is 2.01. The molecule has 0 saturated carbocycles. The van der Waals surface area contributed by atoms with Gasteiger partial charge in [-0.05, 0) is 47.5 Å². The topological polar surface area (TPSA) is 100 Å². The molecule has 0 aromatic carbocycles. The maximum atomic E-state index is 12.3. The molecule has 2 N–H and O–H groups in total. The lowest BCUT2D eigenvalue weighted by molar-refractivity contribution is 0.0256. The zero-order valence-corrected chi connectivity index (χ0v) is 18.8. The van der Waals surface area contributed by atoms with Crippen molar-refractivity contribution in [2.45, 2.75) is 66.0 Å². The van der Waals surface area contributed by atoms with E-state index in [-0.39, 0.29) is 17.9 Å². The van der Waals surface area contributed by atoms with Crippen molar-refractivity contribution in [1.29, 1.82) is 0 Å². The summed E-state index contributed by atoms with van der Waals surface area (Å²) in [7, 11) is -2.98. The first-order valence-electron chi connectivity index (χ1n) is 9.58. The molecule has 0 heterocycles. The summed E-state index contributed by atoms with van der Waals surface area (Å²) < 4.78 is 28.0. The number of ether oxygens (including phenoxy) is 1. The minimum atomic E-state index is -2.98. The zero-order chi connectivity index (χ0) is 21.1. The van der Waals surface area contributed by atoms with Crippen LogP contribution in [0, 0.1) is 0 Å². The minimum absolute atomic E-state index is 0.0323. The highest BCUT2D eigenvalue weighted by Crippen LogP contribution is 2.10. The number of amides is 1. The van der Waals surface area contributed by atoms with E-state index in [0.29, 0.717) is 38.6 Å². The van der Waals surface area contributed by atoms with Crippen LogP contribution in [0.4, 0.5) is 4.79 Å². The van der Waals surface area contributed by atoms with Gasteiger partial charge in [0.2, 0.25) is 0 Å². The Morgan fingerprint density at radius 2 is 1.85 bits per heavy atom. The fraction of sp³-hybridized carbons (Fsp3) is 0.889. The lowest BCUT2D eigenvalue weighted by Gasteiger charge is -2.27. The first kappa shape index (κ1) is 25.5. The highest BCUT2D eigenvalue weighted by Gasteiger charge is 2.21. The van der Waals surface area contributed by atoms with Crippen molar-refractivity contribution in [2.75, 3.05) is 38.2 Å². The molecular weight excluding hydrogens is 368 g/mol. The first-order chi connectivity index (χ1) is 12.4. The third-order valence-corrected chi connectivity index (χ3v) is 4.41.